The maximum absolute atomic E-state index is 13.0. The average Bonchev–Trinajstić information content (AvgIpc) is 3.34. The average molecular weight is 436 g/mol. The summed E-state index contributed by atoms with van der Waals surface area (Å²) >= 11 is 0. The number of rotatable bonds is 10. The minimum Gasteiger partial charge on any atom is -0.371 e. The van der Waals surface area contributed by atoms with Gasteiger partial charge in [0.15, 0.2) is 0 Å². The van der Waals surface area contributed by atoms with Crippen molar-refractivity contribution in [1.82, 2.24) is 5.32 Å². The van der Waals surface area contributed by atoms with Gasteiger partial charge in [-0.1, -0.05) is 38.8 Å². The second-order valence-corrected chi connectivity index (χ2v) is 8.82. The zero-order valence-electron chi connectivity index (χ0n) is 19.7. The van der Waals surface area contributed by atoms with Gasteiger partial charge in [-0.2, -0.15) is 0 Å². The van der Waals surface area contributed by atoms with Gasteiger partial charge in [-0.05, 0) is 74.9 Å². The molecular formula is C27H37N3O2. The van der Waals surface area contributed by atoms with E-state index in [4.69, 9.17) is 0 Å². The molecule has 2 aromatic rings. The van der Waals surface area contributed by atoms with Crippen molar-refractivity contribution in [2.75, 3.05) is 23.3 Å². The molecule has 2 N–H and O–H groups in total. The largest absolute Gasteiger partial charge is 0.371 e. The molecule has 1 aliphatic heterocycles. The third kappa shape index (κ3) is 6.35. The number of hydrogen-bond acceptors (Lipinski definition) is 3. The van der Waals surface area contributed by atoms with E-state index in [2.05, 4.69) is 29.4 Å². The standard InChI is InChI=1S/C27H37N3O2/c1-4-6-7-10-21-11-13-22(14-12-21)26(31)29-23-15-16-25(30-17-8-9-18-30)24(19-23)27(32)28-20(3)5-2/h11-16,19-20H,4-10,17-18H2,1-3H3,(H,28,32)(H,29,31)/t20-/m0/s1. The lowest BCUT2D eigenvalue weighted by atomic mass is 10.0. The molecule has 3 rings (SSSR count). The van der Waals surface area contributed by atoms with Crippen molar-refractivity contribution in [3.05, 3.63) is 59.2 Å². The molecule has 0 bridgehead atoms. The molecule has 5 heteroatoms. The lowest BCUT2D eigenvalue weighted by Gasteiger charge is -2.23. The van der Waals surface area contributed by atoms with Crippen LogP contribution in [0.25, 0.3) is 0 Å². The second-order valence-electron chi connectivity index (χ2n) is 8.82. The molecule has 0 radical (unpaired) electrons. The third-order valence-corrected chi connectivity index (χ3v) is 6.22. The molecule has 1 fully saturated rings. The third-order valence-electron chi connectivity index (χ3n) is 6.22. The molecule has 2 amide bonds. The SMILES string of the molecule is CCCCCc1ccc(C(=O)Nc2ccc(N3CCCC3)c(C(=O)N[C@@H](C)CC)c2)cc1. The minimum atomic E-state index is -0.160. The Bertz CT molecular complexity index is 902. The predicted octanol–water partition coefficient (Wildman–Crippen LogP) is 5.80. The maximum atomic E-state index is 13.0. The molecule has 1 aliphatic rings. The minimum absolute atomic E-state index is 0.0891. The summed E-state index contributed by atoms with van der Waals surface area (Å²) in [6.07, 6.45) is 7.79. The van der Waals surface area contributed by atoms with Gasteiger partial charge in [-0.25, -0.2) is 0 Å². The van der Waals surface area contributed by atoms with Crippen molar-refractivity contribution in [2.24, 2.45) is 0 Å². The normalized spacial score (nSPS) is 14.3. The van der Waals surface area contributed by atoms with Crippen LogP contribution >= 0.6 is 0 Å². The van der Waals surface area contributed by atoms with Crippen LogP contribution in [0.4, 0.5) is 11.4 Å². The fourth-order valence-electron chi connectivity index (χ4n) is 4.04. The van der Waals surface area contributed by atoms with Crippen molar-refractivity contribution in [2.45, 2.75) is 71.8 Å². The van der Waals surface area contributed by atoms with Gasteiger partial charge in [0.1, 0.15) is 0 Å². The molecule has 0 aliphatic carbocycles. The summed E-state index contributed by atoms with van der Waals surface area (Å²) in [6.45, 7) is 8.17. The Morgan fingerprint density at radius 2 is 1.69 bits per heavy atom. The van der Waals surface area contributed by atoms with E-state index in [0.29, 0.717) is 16.8 Å². The highest BCUT2D eigenvalue weighted by Crippen LogP contribution is 2.28. The van der Waals surface area contributed by atoms with E-state index < -0.39 is 0 Å². The summed E-state index contributed by atoms with van der Waals surface area (Å²) in [6, 6.07) is 13.6. The highest BCUT2D eigenvalue weighted by molar-refractivity contribution is 6.06. The number of anilines is 2. The first-order chi connectivity index (χ1) is 15.5. The number of aryl methyl sites for hydroxylation is 1. The number of carbonyl (C=O) groups excluding carboxylic acids is 2. The van der Waals surface area contributed by atoms with E-state index in [1.807, 2.05) is 49.4 Å². The molecule has 0 unspecified atom stereocenters. The lowest BCUT2D eigenvalue weighted by Crippen LogP contribution is -2.33. The van der Waals surface area contributed by atoms with Crippen molar-refractivity contribution in [3.8, 4) is 0 Å². The zero-order valence-corrected chi connectivity index (χ0v) is 19.7. The molecule has 0 saturated carbocycles. The van der Waals surface area contributed by atoms with Gasteiger partial charge in [-0.3, -0.25) is 9.59 Å². The summed E-state index contributed by atoms with van der Waals surface area (Å²) in [5.41, 5.74) is 4.08. The highest BCUT2D eigenvalue weighted by Gasteiger charge is 2.21. The molecule has 32 heavy (non-hydrogen) atoms. The van der Waals surface area contributed by atoms with Crippen LogP contribution in [0.1, 0.15) is 85.6 Å². The number of amides is 2. The van der Waals surface area contributed by atoms with Crippen molar-refractivity contribution >= 4 is 23.2 Å². The fourth-order valence-corrected chi connectivity index (χ4v) is 4.04. The highest BCUT2D eigenvalue weighted by atomic mass is 16.2. The van der Waals surface area contributed by atoms with Gasteiger partial charge in [0.2, 0.25) is 0 Å². The van der Waals surface area contributed by atoms with Crippen LogP contribution < -0.4 is 15.5 Å². The van der Waals surface area contributed by atoms with E-state index >= 15 is 0 Å². The monoisotopic (exact) mass is 435 g/mol. The smallest absolute Gasteiger partial charge is 0.255 e. The van der Waals surface area contributed by atoms with Gasteiger partial charge in [0.25, 0.3) is 11.8 Å². The first-order valence-corrected chi connectivity index (χ1v) is 12.1. The molecule has 1 saturated heterocycles. The number of carbonyl (C=O) groups is 2. The number of hydrogen-bond donors (Lipinski definition) is 2. The summed E-state index contributed by atoms with van der Waals surface area (Å²) in [7, 11) is 0. The second kappa shape index (κ2) is 11.7. The van der Waals surface area contributed by atoms with Gasteiger partial charge >= 0.3 is 0 Å². The predicted molar refractivity (Wildman–Crippen MR) is 133 cm³/mol. The van der Waals surface area contributed by atoms with Gasteiger partial charge in [-0.15, -0.1) is 0 Å². The van der Waals surface area contributed by atoms with Crippen LogP contribution in [0.2, 0.25) is 0 Å². The van der Waals surface area contributed by atoms with E-state index in [1.165, 1.54) is 24.8 Å². The quantitative estimate of drug-likeness (QED) is 0.464. The molecular weight excluding hydrogens is 398 g/mol. The van der Waals surface area contributed by atoms with Crippen LogP contribution in [0.5, 0.6) is 0 Å². The van der Waals surface area contributed by atoms with Crippen molar-refractivity contribution < 1.29 is 9.59 Å². The Labute approximate surface area is 192 Å². The van der Waals surface area contributed by atoms with Crippen LogP contribution in [0, 0.1) is 0 Å². The van der Waals surface area contributed by atoms with Gasteiger partial charge in [0, 0.05) is 36.1 Å². The van der Waals surface area contributed by atoms with Crippen LogP contribution in [0.15, 0.2) is 42.5 Å². The van der Waals surface area contributed by atoms with Crippen LogP contribution in [-0.2, 0) is 6.42 Å². The van der Waals surface area contributed by atoms with E-state index in [1.54, 1.807) is 0 Å². The molecule has 1 heterocycles. The number of nitrogens with one attached hydrogen (secondary N) is 2. The molecule has 0 aromatic heterocycles. The first kappa shape index (κ1) is 23.8. The summed E-state index contributed by atoms with van der Waals surface area (Å²) in [4.78, 5) is 28.1. The Morgan fingerprint density at radius 1 is 0.969 bits per heavy atom. The molecule has 5 nitrogen and oxygen atoms in total. The number of unbranched alkanes of at least 4 members (excludes halogenated alkanes) is 2. The number of nitrogens with zero attached hydrogens (tertiary/aromatic N) is 1. The molecule has 1 atom stereocenters. The molecule has 2 aromatic carbocycles. The van der Waals surface area contributed by atoms with E-state index in [-0.39, 0.29) is 17.9 Å². The zero-order chi connectivity index (χ0) is 22.9. The summed E-state index contributed by atoms with van der Waals surface area (Å²) < 4.78 is 0. The topological polar surface area (TPSA) is 61.4 Å². The van der Waals surface area contributed by atoms with Gasteiger partial charge in [0.05, 0.1) is 5.56 Å². The number of benzene rings is 2. The van der Waals surface area contributed by atoms with E-state index in [0.717, 1.165) is 44.5 Å². The fraction of sp³-hybridized carbons (Fsp3) is 0.481. The van der Waals surface area contributed by atoms with E-state index in [9.17, 15) is 9.59 Å². The Kier molecular flexibility index (Phi) is 8.72. The maximum Gasteiger partial charge on any atom is 0.255 e. The molecule has 172 valence electrons. The van der Waals surface area contributed by atoms with Crippen LogP contribution in [-0.4, -0.2) is 30.9 Å². The Hall–Kier alpha value is -2.82. The Balaban J connectivity index is 1.74. The van der Waals surface area contributed by atoms with Gasteiger partial charge < -0.3 is 15.5 Å². The lowest BCUT2D eigenvalue weighted by molar-refractivity contribution is 0.0938. The summed E-state index contributed by atoms with van der Waals surface area (Å²) in [5.74, 6) is -0.249. The van der Waals surface area contributed by atoms with Crippen molar-refractivity contribution in [1.29, 1.82) is 0 Å². The summed E-state index contributed by atoms with van der Waals surface area (Å²) in [5, 5.41) is 6.04. The van der Waals surface area contributed by atoms with Crippen LogP contribution in [0.3, 0.4) is 0 Å². The first-order valence-electron chi connectivity index (χ1n) is 12.1. The molecule has 0 spiro atoms. The Morgan fingerprint density at radius 3 is 2.34 bits per heavy atom. The van der Waals surface area contributed by atoms with Crippen molar-refractivity contribution in [3.63, 3.8) is 0 Å².